The molecular weight excluding hydrogens is 389 g/mol. The lowest BCUT2D eigenvalue weighted by atomic mass is 10.1. The Morgan fingerprint density at radius 3 is 2.60 bits per heavy atom. The zero-order chi connectivity index (χ0) is 21.7. The van der Waals surface area contributed by atoms with E-state index in [-0.39, 0.29) is 29.3 Å². The highest BCUT2D eigenvalue weighted by Crippen LogP contribution is 2.25. The number of aromatic nitrogens is 5. The molecule has 3 heterocycles. The third-order valence-electron chi connectivity index (χ3n) is 4.43. The molecule has 0 saturated carbocycles. The zero-order valence-electron chi connectivity index (χ0n) is 16.7. The molecule has 0 spiro atoms. The van der Waals surface area contributed by atoms with E-state index in [0.29, 0.717) is 11.5 Å². The van der Waals surface area contributed by atoms with E-state index in [1.54, 1.807) is 18.3 Å². The molecule has 0 aliphatic carbocycles. The first kappa shape index (κ1) is 21.1. The highest BCUT2D eigenvalue weighted by Gasteiger charge is 2.20. The van der Waals surface area contributed by atoms with Gasteiger partial charge in [-0.2, -0.15) is 10.2 Å². The van der Waals surface area contributed by atoms with Gasteiger partial charge in [0.25, 0.3) is 5.91 Å². The number of hydrogen-bond donors (Lipinski definition) is 4. The minimum Gasteiger partial charge on any atom is -0.365 e. The molecule has 3 aromatic rings. The maximum absolute atomic E-state index is 14.6. The van der Waals surface area contributed by atoms with Gasteiger partial charge < -0.3 is 22.1 Å². The number of carbonyl (C=O) groups is 1. The molecule has 158 valence electrons. The van der Waals surface area contributed by atoms with Gasteiger partial charge in [0.05, 0.1) is 18.0 Å². The normalized spacial score (nSPS) is 12.9. The molecule has 0 unspecified atom stereocenters. The molecule has 0 aromatic carbocycles. The third-order valence-corrected chi connectivity index (χ3v) is 4.43. The van der Waals surface area contributed by atoms with Crippen molar-refractivity contribution in [1.29, 1.82) is 0 Å². The van der Waals surface area contributed by atoms with Crippen molar-refractivity contribution in [3.63, 3.8) is 0 Å². The molecule has 0 saturated heterocycles. The van der Waals surface area contributed by atoms with Gasteiger partial charge in [-0.05, 0) is 25.5 Å². The third kappa shape index (κ3) is 4.87. The van der Waals surface area contributed by atoms with Crippen LogP contribution in [0.25, 0.3) is 5.82 Å². The van der Waals surface area contributed by atoms with Crippen LogP contribution in [0.5, 0.6) is 0 Å². The lowest BCUT2D eigenvalue weighted by Crippen LogP contribution is -2.38. The van der Waals surface area contributed by atoms with Gasteiger partial charge in [-0.3, -0.25) is 4.79 Å². The first-order chi connectivity index (χ1) is 14.4. The fourth-order valence-electron chi connectivity index (χ4n) is 2.90. The summed E-state index contributed by atoms with van der Waals surface area (Å²) in [5.41, 5.74) is 11.9. The van der Waals surface area contributed by atoms with Crippen molar-refractivity contribution < 1.29 is 9.18 Å². The molecule has 3 aromatic heterocycles. The Balaban J connectivity index is 1.95. The van der Waals surface area contributed by atoms with E-state index in [2.05, 4.69) is 30.8 Å². The summed E-state index contributed by atoms with van der Waals surface area (Å²) >= 11 is 0. The number of nitrogens with zero attached hydrogens (tertiary/aromatic N) is 5. The molecule has 0 fully saturated rings. The number of primary amides is 1. The SMILES string of the molecule is CCC[C@@H](Nc1nc(Nc2ccnc(-n3nccn3)c2)c(C(N)=O)cc1F)[C@H](C)N. The summed E-state index contributed by atoms with van der Waals surface area (Å²) in [5.74, 6) is -0.952. The van der Waals surface area contributed by atoms with Crippen LogP contribution < -0.4 is 22.1 Å². The number of pyridine rings is 2. The maximum atomic E-state index is 14.6. The van der Waals surface area contributed by atoms with E-state index < -0.39 is 11.7 Å². The van der Waals surface area contributed by atoms with E-state index in [0.717, 1.165) is 18.9 Å². The van der Waals surface area contributed by atoms with Gasteiger partial charge in [0.2, 0.25) is 0 Å². The minimum atomic E-state index is -0.809. The van der Waals surface area contributed by atoms with Gasteiger partial charge in [-0.25, -0.2) is 14.4 Å². The molecule has 6 N–H and O–H groups in total. The van der Waals surface area contributed by atoms with Crippen LogP contribution in [0, 0.1) is 5.82 Å². The molecule has 30 heavy (non-hydrogen) atoms. The number of hydrogen-bond acceptors (Lipinski definition) is 8. The number of anilines is 3. The second-order valence-electron chi connectivity index (χ2n) is 6.82. The fourth-order valence-corrected chi connectivity index (χ4v) is 2.90. The maximum Gasteiger partial charge on any atom is 0.252 e. The van der Waals surface area contributed by atoms with Crippen LogP contribution in [-0.4, -0.2) is 43.0 Å². The van der Waals surface area contributed by atoms with E-state index in [1.165, 1.54) is 17.2 Å². The molecule has 1 amide bonds. The van der Waals surface area contributed by atoms with Gasteiger partial charge in [-0.15, -0.1) is 4.80 Å². The lowest BCUT2D eigenvalue weighted by molar-refractivity contribution is 0.100. The summed E-state index contributed by atoms with van der Waals surface area (Å²) < 4.78 is 14.6. The topological polar surface area (TPSA) is 150 Å². The number of halogens is 1. The van der Waals surface area contributed by atoms with Gasteiger partial charge in [-0.1, -0.05) is 13.3 Å². The van der Waals surface area contributed by atoms with Crippen molar-refractivity contribution in [3.8, 4) is 5.82 Å². The Bertz CT molecular complexity index is 1010. The molecule has 3 rings (SSSR count). The van der Waals surface area contributed by atoms with Crippen molar-refractivity contribution in [2.24, 2.45) is 11.5 Å². The second-order valence-corrected chi connectivity index (χ2v) is 6.82. The molecule has 0 radical (unpaired) electrons. The van der Waals surface area contributed by atoms with E-state index >= 15 is 0 Å². The molecule has 0 aliphatic heterocycles. The Morgan fingerprint density at radius 2 is 1.97 bits per heavy atom. The van der Waals surface area contributed by atoms with Crippen molar-refractivity contribution in [2.45, 2.75) is 38.8 Å². The molecular formula is C19H24FN9O. The van der Waals surface area contributed by atoms with Crippen LogP contribution >= 0.6 is 0 Å². The van der Waals surface area contributed by atoms with Crippen LogP contribution in [0.1, 0.15) is 37.0 Å². The zero-order valence-corrected chi connectivity index (χ0v) is 16.7. The van der Waals surface area contributed by atoms with E-state index in [1.807, 2.05) is 13.8 Å². The minimum absolute atomic E-state index is 0.0127. The number of nitrogens with two attached hydrogens (primary N) is 2. The monoisotopic (exact) mass is 413 g/mol. The second kappa shape index (κ2) is 9.27. The predicted octanol–water partition coefficient (Wildman–Crippen LogP) is 1.97. The quantitative estimate of drug-likeness (QED) is 0.416. The van der Waals surface area contributed by atoms with Crippen molar-refractivity contribution in [3.05, 3.63) is 48.2 Å². The molecule has 0 aliphatic rings. The van der Waals surface area contributed by atoms with Gasteiger partial charge in [0.1, 0.15) is 5.82 Å². The standard InChI is InChI=1S/C19H24FN9O/c1-3-4-15(11(2)21)27-19-14(20)10-13(17(22)30)18(28-19)26-12-5-6-23-16(9-12)29-24-7-8-25-29/h5-11,15H,3-4,21H2,1-2H3,(H2,22,30)(H2,23,26,27,28)/t11-,15+/m0/s1. The van der Waals surface area contributed by atoms with Crippen LogP contribution in [0.15, 0.2) is 36.8 Å². The molecule has 11 heteroatoms. The van der Waals surface area contributed by atoms with Gasteiger partial charge in [0, 0.05) is 30.0 Å². The summed E-state index contributed by atoms with van der Waals surface area (Å²) in [6.07, 6.45) is 6.20. The Kier molecular flexibility index (Phi) is 6.52. The Labute approximate surface area is 172 Å². The fraction of sp³-hybridized carbons (Fsp3) is 0.316. The summed E-state index contributed by atoms with van der Waals surface area (Å²) in [7, 11) is 0. The largest absolute Gasteiger partial charge is 0.365 e. The highest BCUT2D eigenvalue weighted by atomic mass is 19.1. The Hall–Kier alpha value is -3.60. The molecule has 10 nitrogen and oxygen atoms in total. The average molecular weight is 413 g/mol. The first-order valence-electron chi connectivity index (χ1n) is 9.51. The number of nitrogens with one attached hydrogen (secondary N) is 2. The van der Waals surface area contributed by atoms with E-state index in [9.17, 15) is 9.18 Å². The predicted molar refractivity (Wildman–Crippen MR) is 111 cm³/mol. The van der Waals surface area contributed by atoms with Crippen LogP contribution in [-0.2, 0) is 0 Å². The number of carbonyl (C=O) groups excluding carboxylic acids is 1. The number of amides is 1. The summed E-state index contributed by atoms with van der Waals surface area (Å²) in [6.45, 7) is 3.85. The van der Waals surface area contributed by atoms with Crippen molar-refractivity contribution >= 4 is 23.2 Å². The van der Waals surface area contributed by atoms with Gasteiger partial charge in [0.15, 0.2) is 17.5 Å². The van der Waals surface area contributed by atoms with Crippen LogP contribution in [0.2, 0.25) is 0 Å². The Morgan fingerprint density at radius 1 is 1.23 bits per heavy atom. The van der Waals surface area contributed by atoms with Crippen molar-refractivity contribution in [2.75, 3.05) is 10.6 Å². The molecule has 0 bridgehead atoms. The smallest absolute Gasteiger partial charge is 0.252 e. The van der Waals surface area contributed by atoms with Crippen molar-refractivity contribution in [1.82, 2.24) is 25.0 Å². The van der Waals surface area contributed by atoms with Gasteiger partial charge >= 0.3 is 0 Å². The highest BCUT2D eigenvalue weighted by molar-refractivity contribution is 5.98. The lowest BCUT2D eigenvalue weighted by Gasteiger charge is -2.23. The summed E-state index contributed by atoms with van der Waals surface area (Å²) in [5, 5.41) is 14.1. The van der Waals surface area contributed by atoms with Crippen LogP contribution in [0.3, 0.4) is 0 Å². The average Bonchev–Trinajstić information content (AvgIpc) is 3.24. The first-order valence-corrected chi connectivity index (χ1v) is 9.51. The van der Waals surface area contributed by atoms with E-state index in [4.69, 9.17) is 11.5 Å². The summed E-state index contributed by atoms with van der Waals surface area (Å²) in [6, 6.07) is 3.98. The van der Waals surface area contributed by atoms with Crippen LogP contribution in [0.4, 0.5) is 21.7 Å². The molecule has 2 atom stereocenters. The number of rotatable bonds is 9. The summed E-state index contributed by atoms with van der Waals surface area (Å²) in [4.78, 5) is 21.7.